The van der Waals surface area contributed by atoms with Gasteiger partial charge in [0, 0.05) is 19.8 Å². The van der Waals surface area contributed by atoms with Crippen LogP contribution in [0.2, 0.25) is 0 Å². The number of hydrogen-bond acceptors (Lipinski definition) is 5. The zero-order valence-corrected chi connectivity index (χ0v) is 10.6. The molecular weight excluding hydrogens is 254 g/mol. The molecule has 8 heteroatoms. The first-order chi connectivity index (χ1) is 9.00. The fourth-order valence-corrected chi connectivity index (χ4v) is 1.81. The molecule has 5 N–H and O–H groups in total. The molecule has 2 amide bonds. The van der Waals surface area contributed by atoms with Gasteiger partial charge in [-0.05, 0) is 12.8 Å². The Morgan fingerprint density at radius 1 is 1.16 bits per heavy atom. The molecule has 108 valence electrons. The highest BCUT2D eigenvalue weighted by atomic mass is 16.5. The Bertz CT molecular complexity index is 352. The number of nitrogens with two attached hydrogens (primary N) is 1. The summed E-state index contributed by atoms with van der Waals surface area (Å²) in [4.78, 5) is 33.7. The third-order valence-corrected chi connectivity index (χ3v) is 3.16. The predicted molar refractivity (Wildman–Crippen MR) is 65.2 cm³/mol. The number of hydrogen-bond donors (Lipinski definition) is 4. The van der Waals surface area contributed by atoms with Gasteiger partial charge in [0.05, 0.1) is 18.5 Å². The van der Waals surface area contributed by atoms with Crippen LogP contribution in [-0.4, -0.2) is 55.7 Å². The number of carbonyl (C=O) groups excluding carboxylic acids is 2. The van der Waals surface area contributed by atoms with E-state index in [1.165, 1.54) is 0 Å². The number of carbonyl (C=O) groups is 3. The number of ether oxygens (including phenoxy) is 1. The third-order valence-electron chi connectivity index (χ3n) is 3.16. The minimum absolute atomic E-state index is 0.0308. The fraction of sp³-hybridized carbons (Fsp3) is 0.727. The van der Waals surface area contributed by atoms with E-state index in [1.807, 2.05) is 0 Å². The van der Waals surface area contributed by atoms with Gasteiger partial charge in [0.25, 0.3) is 0 Å². The molecule has 0 aromatic heterocycles. The van der Waals surface area contributed by atoms with Crippen molar-refractivity contribution in [3.8, 4) is 0 Å². The van der Waals surface area contributed by atoms with Gasteiger partial charge >= 0.3 is 5.97 Å². The van der Waals surface area contributed by atoms with Gasteiger partial charge in [0.2, 0.25) is 11.8 Å². The molecule has 0 unspecified atom stereocenters. The van der Waals surface area contributed by atoms with Crippen molar-refractivity contribution in [1.29, 1.82) is 0 Å². The molecule has 0 bridgehead atoms. The maximum atomic E-state index is 11.5. The van der Waals surface area contributed by atoms with Crippen molar-refractivity contribution in [3.63, 3.8) is 0 Å². The maximum absolute atomic E-state index is 11.5. The Balaban J connectivity index is 2.41. The molecule has 0 aliphatic carbocycles. The smallest absolute Gasteiger partial charge is 0.311 e. The average molecular weight is 273 g/mol. The van der Waals surface area contributed by atoms with Crippen LogP contribution in [0.5, 0.6) is 0 Å². The molecule has 1 rings (SSSR count). The first kappa shape index (κ1) is 15.4. The van der Waals surface area contributed by atoms with E-state index >= 15 is 0 Å². The standard InChI is InChI=1S/C11H19N3O5/c12-5-8(15)13-6-9(16)14-7-11(10(17)18)1-3-19-4-2-11/h1-7,12H2,(H,13,15)(H,14,16)(H,17,18). The van der Waals surface area contributed by atoms with Gasteiger partial charge in [0.1, 0.15) is 0 Å². The molecule has 0 aromatic rings. The molecule has 0 radical (unpaired) electrons. The quantitative estimate of drug-likeness (QED) is 0.445. The monoisotopic (exact) mass is 273 g/mol. The van der Waals surface area contributed by atoms with Crippen LogP contribution < -0.4 is 16.4 Å². The van der Waals surface area contributed by atoms with Crippen LogP contribution in [0.15, 0.2) is 0 Å². The Hall–Kier alpha value is -1.67. The first-order valence-electron chi connectivity index (χ1n) is 6.05. The molecule has 8 nitrogen and oxygen atoms in total. The highest BCUT2D eigenvalue weighted by Crippen LogP contribution is 2.29. The van der Waals surface area contributed by atoms with Gasteiger partial charge < -0.3 is 26.2 Å². The lowest BCUT2D eigenvalue weighted by Gasteiger charge is -2.33. The predicted octanol–water partition coefficient (Wildman–Crippen LogP) is -1.94. The van der Waals surface area contributed by atoms with Crippen molar-refractivity contribution in [2.45, 2.75) is 12.8 Å². The van der Waals surface area contributed by atoms with E-state index in [-0.39, 0.29) is 19.6 Å². The summed E-state index contributed by atoms with van der Waals surface area (Å²) in [5.41, 5.74) is 4.09. The van der Waals surface area contributed by atoms with Crippen LogP contribution in [0.1, 0.15) is 12.8 Å². The largest absolute Gasteiger partial charge is 0.481 e. The summed E-state index contributed by atoms with van der Waals surface area (Å²) in [6.07, 6.45) is 0.718. The van der Waals surface area contributed by atoms with Crippen molar-refractivity contribution < 1.29 is 24.2 Å². The highest BCUT2D eigenvalue weighted by Gasteiger charge is 2.40. The number of carboxylic acids is 1. The van der Waals surface area contributed by atoms with Crippen LogP contribution >= 0.6 is 0 Å². The summed E-state index contributed by atoms with van der Waals surface area (Å²) < 4.78 is 5.13. The van der Waals surface area contributed by atoms with Gasteiger partial charge in [-0.2, -0.15) is 0 Å². The van der Waals surface area contributed by atoms with Crippen molar-refractivity contribution in [1.82, 2.24) is 10.6 Å². The van der Waals surface area contributed by atoms with E-state index in [2.05, 4.69) is 10.6 Å². The van der Waals surface area contributed by atoms with E-state index < -0.39 is 23.2 Å². The first-order valence-corrected chi connectivity index (χ1v) is 6.05. The molecule has 0 saturated carbocycles. The van der Waals surface area contributed by atoms with E-state index in [9.17, 15) is 19.5 Å². The van der Waals surface area contributed by atoms with E-state index in [0.717, 1.165) is 0 Å². The summed E-state index contributed by atoms with van der Waals surface area (Å²) in [6, 6.07) is 0. The number of aliphatic carboxylic acids is 1. The number of nitrogens with one attached hydrogen (secondary N) is 2. The second-order valence-electron chi connectivity index (χ2n) is 4.46. The molecule has 19 heavy (non-hydrogen) atoms. The molecule has 1 saturated heterocycles. The zero-order valence-electron chi connectivity index (χ0n) is 10.6. The van der Waals surface area contributed by atoms with Gasteiger partial charge in [-0.3, -0.25) is 14.4 Å². The minimum Gasteiger partial charge on any atom is -0.481 e. The third kappa shape index (κ3) is 4.49. The molecule has 1 fully saturated rings. The average Bonchev–Trinajstić information content (AvgIpc) is 2.43. The van der Waals surface area contributed by atoms with Crippen molar-refractivity contribution in [2.24, 2.45) is 11.1 Å². The van der Waals surface area contributed by atoms with Crippen molar-refractivity contribution >= 4 is 17.8 Å². The fourth-order valence-electron chi connectivity index (χ4n) is 1.81. The van der Waals surface area contributed by atoms with E-state index in [4.69, 9.17) is 10.5 Å². The summed E-state index contributed by atoms with van der Waals surface area (Å²) in [6.45, 7) is 0.368. The number of carboxylic acid groups (broad SMARTS) is 1. The van der Waals surface area contributed by atoms with Gasteiger partial charge in [-0.1, -0.05) is 0 Å². The van der Waals surface area contributed by atoms with Gasteiger partial charge in [0.15, 0.2) is 0 Å². The van der Waals surface area contributed by atoms with Crippen LogP contribution in [0.4, 0.5) is 0 Å². The molecule has 0 spiro atoms. The molecule has 1 aliphatic heterocycles. The molecule has 0 aromatic carbocycles. The lowest BCUT2D eigenvalue weighted by atomic mass is 9.80. The van der Waals surface area contributed by atoms with Crippen molar-refractivity contribution in [3.05, 3.63) is 0 Å². The number of amides is 2. The Labute approximate surface area is 110 Å². The lowest BCUT2D eigenvalue weighted by Crippen LogP contribution is -2.48. The van der Waals surface area contributed by atoms with Gasteiger partial charge in [-0.15, -0.1) is 0 Å². The van der Waals surface area contributed by atoms with E-state index in [0.29, 0.717) is 26.1 Å². The second-order valence-corrected chi connectivity index (χ2v) is 4.46. The second kappa shape index (κ2) is 7.05. The molecule has 1 heterocycles. The van der Waals surface area contributed by atoms with Crippen LogP contribution in [0.25, 0.3) is 0 Å². The summed E-state index contributed by atoms with van der Waals surface area (Å²) in [5.74, 6) is -1.81. The molecule has 0 atom stereocenters. The summed E-state index contributed by atoms with van der Waals surface area (Å²) in [5, 5.41) is 14.1. The lowest BCUT2D eigenvalue weighted by molar-refractivity contribution is -0.154. The summed E-state index contributed by atoms with van der Waals surface area (Å²) in [7, 11) is 0. The topological polar surface area (TPSA) is 131 Å². The van der Waals surface area contributed by atoms with Crippen LogP contribution in [0, 0.1) is 5.41 Å². The normalized spacial score (nSPS) is 17.5. The Morgan fingerprint density at radius 2 is 1.79 bits per heavy atom. The Kier molecular flexibility index (Phi) is 5.71. The number of rotatable bonds is 6. The Morgan fingerprint density at radius 3 is 2.32 bits per heavy atom. The highest BCUT2D eigenvalue weighted by molar-refractivity contribution is 5.86. The zero-order chi connectivity index (χ0) is 14.3. The minimum atomic E-state index is -0.980. The van der Waals surface area contributed by atoms with Gasteiger partial charge in [-0.25, -0.2) is 0 Å². The molecular formula is C11H19N3O5. The summed E-state index contributed by atoms with van der Waals surface area (Å²) >= 11 is 0. The van der Waals surface area contributed by atoms with Crippen LogP contribution in [-0.2, 0) is 19.1 Å². The van der Waals surface area contributed by atoms with Crippen molar-refractivity contribution in [2.75, 3.05) is 32.8 Å². The SMILES string of the molecule is NCC(=O)NCC(=O)NCC1(C(=O)O)CCOCC1. The maximum Gasteiger partial charge on any atom is 0.311 e. The van der Waals surface area contributed by atoms with Crippen LogP contribution in [0.3, 0.4) is 0 Å². The molecule has 1 aliphatic rings. The van der Waals surface area contributed by atoms with E-state index in [1.54, 1.807) is 0 Å².